The van der Waals surface area contributed by atoms with E-state index in [1.165, 1.54) is 6.26 Å². The summed E-state index contributed by atoms with van der Waals surface area (Å²) in [5.41, 5.74) is 5.93. The van der Waals surface area contributed by atoms with Crippen LogP contribution in [-0.2, 0) is 9.84 Å². The molecule has 1 atom stereocenters. The lowest BCUT2D eigenvalue weighted by atomic mass is 9.81. The van der Waals surface area contributed by atoms with Crippen LogP contribution in [0, 0.1) is 5.92 Å². The maximum atomic E-state index is 12.9. The number of sulfone groups is 1. The van der Waals surface area contributed by atoms with E-state index < -0.39 is 15.8 Å². The summed E-state index contributed by atoms with van der Waals surface area (Å²) in [7, 11) is -2.94. The Balaban J connectivity index is 2.27. The van der Waals surface area contributed by atoms with Crippen LogP contribution in [0.25, 0.3) is 0 Å². The molecule has 1 aliphatic carbocycles. The molecule has 1 saturated carbocycles. The number of rotatable bonds is 5. The van der Waals surface area contributed by atoms with Crippen molar-refractivity contribution >= 4 is 9.84 Å². The standard InChI is InChI=1S/C11H21F2NO2S/c1-17(15,16)8-2-3-10(14)9-4-6-11(12,13)7-5-9/h9-10H,2-8,14H2,1H3. The number of hydrogen-bond donors (Lipinski definition) is 1. The average Bonchev–Trinajstić information content (AvgIpc) is 2.15. The first kappa shape index (κ1) is 14.8. The first-order chi connectivity index (χ1) is 7.70. The smallest absolute Gasteiger partial charge is 0.248 e. The Morgan fingerprint density at radius 2 is 1.88 bits per heavy atom. The van der Waals surface area contributed by atoms with Gasteiger partial charge in [0.05, 0.1) is 0 Å². The average molecular weight is 269 g/mol. The normalized spacial score (nSPS) is 23.5. The second-order valence-electron chi connectivity index (χ2n) is 5.13. The van der Waals surface area contributed by atoms with Gasteiger partial charge >= 0.3 is 0 Å². The van der Waals surface area contributed by atoms with Crippen molar-refractivity contribution in [1.82, 2.24) is 0 Å². The van der Waals surface area contributed by atoms with Gasteiger partial charge in [-0.1, -0.05) is 0 Å². The highest BCUT2D eigenvalue weighted by Gasteiger charge is 2.36. The van der Waals surface area contributed by atoms with Crippen LogP contribution in [0.1, 0.15) is 38.5 Å². The predicted molar refractivity (Wildman–Crippen MR) is 63.8 cm³/mol. The fourth-order valence-corrected chi connectivity index (χ4v) is 3.00. The molecule has 0 heterocycles. The summed E-state index contributed by atoms with van der Waals surface area (Å²) in [5.74, 6) is -2.28. The Labute approximate surface area is 102 Å². The molecule has 1 fully saturated rings. The molecule has 6 heteroatoms. The van der Waals surface area contributed by atoms with E-state index in [0.717, 1.165) is 0 Å². The SMILES string of the molecule is CS(=O)(=O)CCCC(N)C1CCC(F)(F)CC1. The van der Waals surface area contributed by atoms with Gasteiger partial charge in [0.2, 0.25) is 5.92 Å². The molecule has 1 rings (SSSR count). The van der Waals surface area contributed by atoms with Crippen LogP contribution in [0.3, 0.4) is 0 Å². The third-order valence-corrected chi connectivity index (χ3v) is 4.45. The van der Waals surface area contributed by atoms with Crippen molar-refractivity contribution in [2.75, 3.05) is 12.0 Å². The van der Waals surface area contributed by atoms with E-state index in [4.69, 9.17) is 5.73 Å². The monoisotopic (exact) mass is 269 g/mol. The van der Waals surface area contributed by atoms with Crippen molar-refractivity contribution in [2.24, 2.45) is 11.7 Å². The van der Waals surface area contributed by atoms with E-state index in [1.54, 1.807) is 0 Å². The third kappa shape index (κ3) is 5.77. The van der Waals surface area contributed by atoms with Gasteiger partial charge in [0, 0.05) is 30.9 Å². The van der Waals surface area contributed by atoms with Crippen molar-refractivity contribution in [3.8, 4) is 0 Å². The molecule has 17 heavy (non-hydrogen) atoms. The van der Waals surface area contributed by atoms with Gasteiger partial charge in [-0.05, 0) is 31.6 Å². The zero-order valence-electron chi connectivity index (χ0n) is 10.2. The molecule has 0 aromatic heterocycles. The summed E-state index contributed by atoms with van der Waals surface area (Å²) < 4.78 is 47.7. The first-order valence-corrected chi connectivity index (χ1v) is 8.07. The first-order valence-electron chi connectivity index (χ1n) is 6.01. The van der Waals surface area contributed by atoms with Crippen LogP contribution < -0.4 is 5.73 Å². The molecular formula is C11H21F2NO2S. The van der Waals surface area contributed by atoms with Gasteiger partial charge in [0.1, 0.15) is 9.84 Å². The molecular weight excluding hydrogens is 248 g/mol. The Morgan fingerprint density at radius 1 is 1.35 bits per heavy atom. The highest BCUT2D eigenvalue weighted by atomic mass is 32.2. The van der Waals surface area contributed by atoms with Gasteiger partial charge in [-0.25, -0.2) is 17.2 Å². The van der Waals surface area contributed by atoms with Crippen LogP contribution in [-0.4, -0.2) is 32.4 Å². The summed E-state index contributed by atoms with van der Waals surface area (Å²) in [5, 5.41) is 0. The van der Waals surface area contributed by atoms with Crippen molar-refractivity contribution in [2.45, 2.75) is 50.5 Å². The lowest BCUT2D eigenvalue weighted by Crippen LogP contribution is -2.36. The Kier molecular flexibility index (Phi) is 4.89. The van der Waals surface area contributed by atoms with E-state index in [1.807, 2.05) is 0 Å². The molecule has 0 amide bonds. The highest BCUT2D eigenvalue weighted by Crippen LogP contribution is 2.37. The molecule has 1 unspecified atom stereocenters. The van der Waals surface area contributed by atoms with E-state index in [0.29, 0.717) is 25.7 Å². The Hall–Kier alpha value is -0.230. The highest BCUT2D eigenvalue weighted by molar-refractivity contribution is 7.90. The summed E-state index contributed by atoms with van der Waals surface area (Å²) in [6, 6.07) is -0.146. The maximum Gasteiger partial charge on any atom is 0.248 e. The lowest BCUT2D eigenvalue weighted by Gasteiger charge is -2.31. The number of hydrogen-bond acceptors (Lipinski definition) is 3. The zero-order chi connectivity index (χ0) is 13.1. The summed E-state index contributed by atoms with van der Waals surface area (Å²) in [6.45, 7) is 0. The minimum Gasteiger partial charge on any atom is -0.327 e. The predicted octanol–water partition coefficient (Wildman–Crippen LogP) is 1.96. The lowest BCUT2D eigenvalue weighted by molar-refractivity contribution is -0.0484. The zero-order valence-corrected chi connectivity index (χ0v) is 11.0. The van der Waals surface area contributed by atoms with Gasteiger partial charge in [-0.2, -0.15) is 0 Å². The van der Waals surface area contributed by atoms with Gasteiger partial charge in [-0.15, -0.1) is 0 Å². The van der Waals surface area contributed by atoms with E-state index >= 15 is 0 Å². The van der Waals surface area contributed by atoms with Crippen LogP contribution in [0.5, 0.6) is 0 Å². The van der Waals surface area contributed by atoms with Crippen molar-refractivity contribution < 1.29 is 17.2 Å². The summed E-state index contributed by atoms with van der Waals surface area (Å²) in [4.78, 5) is 0. The minimum absolute atomic E-state index is 0.0859. The van der Waals surface area contributed by atoms with Crippen LogP contribution in [0.4, 0.5) is 8.78 Å². The van der Waals surface area contributed by atoms with Gasteiger partial charge in [0.25, 0.3) is 0 Å². The molecule has 0 aromatic carbocycles. The van der Waals surface area contributed by atoms with Gasteiger partial charge in [-0.3, -0.25) is 0 Å². The Morgan fingerprint density at radius 3 is 2.35 bits per heavy atom. The molecule has 1 aliphatic rings. The quantitative estimate of drug-likeness (QED) is 0.830. The molecule has 0 saturated heterocycles. The largest absolute Gasteiger partial charge is 0.327 e. The molecule has 0 spiro atoms. The van der Waals surface area contributed by atoms with Crippen LogP contribution >= 0.6 is 0 Å². The third-order valence-electron chi connectivity index (χ3n) is 3.42. The Bertz CT molecular complexity index is 333. The van der Waals surface area contributed by atoms with Crippen molar-refractivity contribution in [3.05, 3.63) is 0 Å². The molecule has 102 valence electrons. The second-order valence-corrected chi connectivity index (χ2v) is 7.39. The van der Waals surface area contributed by atoms with Crippen LogP contribution in [0.15, 0.2) is 0 Å². The summed E-state index contributed by atoms with van der Waals surface area (Å²) in [6.07, 6.45) is 3.05. The number of nitrogens with two attached hydrogens (primary N) is 1. The molecule has 0 aliphatic heterocycles. The van der Waals surface area contributed by atoms with Gasteiger partial charge < -0.3 is 5.73 Å². The van der Waals surface area contributed by atoms with E-state index in [9.17, 15) is 17.2 Å². The number of alkyl halides is 2. The molecule has 0 bridgehead atoms. The van der Waals surface area contributed by atoms with E-state index in [-0.39, 0.29) is 30.6 Å². The molecule has 0 aromatic rings. The van der Waals surface area contributed by atoms with Crippen molar-refractivity contribution in [1.29, 1.82) is 0 Å². The van der Waals surface area contributed by atoms with Crippen molar-refractivity contribution in [3.63, 3.8) is 0 Å². The molecule has 0 radical (unpaired) electrons. The fraction of sp³-hybridized carbons (Fsp3) is 1.00. The maximum absolute atomic E-state index is 12.9. The van der Waals surface area contributed by atoms with Crippen LogP contribution in [0.2, 0.25) is 0 Å². The summed E-state index contributed by atoms with van der Waals surface area (Å²) >= 11 is 0. The second kappa shape index (κ2) is 5.61. The minimum atomic E-state index is -2.94. The molecule has 3 nitrogen and oxygen atoms in total. The van der Waals surface area contributed by atoms with E-state index in [2.05, 4.69) is 0 Å². The van der Waals surface area contributed by atoms with Gasteiger partial charge in [0.15, 0.2) is 0 Å². The fourth-order valence-electron chi connectivity index (χ4n) is 2.31. The number of halogens is 2. The topological polar surface area (TPSA) is 60.2 Å². The molecule has 2 N–H and O–H groups in total.